The lowest BCUT2D eigenvalue weighted by molar-refractivity contribution is 0.0532. The largest absolute Gasteiger partial charge is 0.467 e. The third-order valence-corrected chi connectivity index (χ3v) is 5.86. The second-order valence-electron chi connectivity index (χ2n) is 8.28. The number of ether oxygens (including phenoxy) is 2. The number of hydrogen-bond donors (Lipinski definition) is 1. The van der Waals surface area contributed by atoms with Gasteiger partial charge in [0.15, 0.2) is 0 Å². The Morgan fingerprint density at radius 3 is 2.76 bits per heavy atom. The van der Waals surface area contributed by atoms with Gasteiger partial charge in [-0.05, 0) is 55.3 Å². The SMILES string of the molecule is COc1ncc(-c2cc3c(c(Nc4ccc(N5CCO[C@H](C)C5)c(C)c4)n2)C(=O)[N]C=C3)cn1. The summed E-state index contributed by atoms with van der Waals surface area (Å²) in [6.45, 7) is 6.61. The average molecular weight is 458 g/mol. The number of nitrogens with zero attached hydrogens (tertiary/aromatic N) is 5. The van der Waals surface area contributed by atoms with Gasteiger partial charge >= 0.3 is 6.01 Å². The summed E-state index contributed by atoms with van der Waals surface area (Å²) in [5.74, 6) is 0.106. The minimum atomic E-state index is -0.333. The van der Waals surface area contributed by atoms with Crippen LogP contribution in [-0.4, -0.2) is 53.8 Å². The van der Waals surface area contributed by atoms with Gasteiger partial charge in [-0.25, -0.2) is 20.3 Å². The molecule has 173 valence electrons. The van der Waals surface area contributed by atoms with E-state index >= 15 is 0 Å². The van der Waals surface area contributed by atoms with E-state index < -0.39 is 0 Å². The molecule has 1 saturated heterocycles. The number of anilines is 3. The summed E-state index contributed by atoms with van der Waals surface area (Å²) >= 11 is 0. The monoisotopic (exact) mass is 457 g/mol. The van der Waals surface area contributed by atoms with Crippen LogP contribution in [0.5, 0.6) is 6.01 Å². The fourth-order valence-corrected chi connectivity index (χ4v) is 4.23. The molecule has 0 spiro atoms. The summed E-state index contributed by atoms with van der Waals surface area (Å²) in [5.41, 5.74) is 5.66. The van der Waals surface area contributed by atoms with Gasteiger partial charge in [0.2, 0.25) is 0 Å². The third kappa shape index (κ3) is 4.29. The number of pyridine rings is 1. The lowest BCUT2D eigenvalue weighted by atomic mass is 10.0. The summed E-state index contributed by atoms with van der Waals surface area (Å²) < 4.78 is 10.7. The van der Waals surface area contributed by atoms with Gasteiger partial charge < -0.3 is 19.7 Å². The molecule has 0 unspecified atom stereocenters. The molecule has 0 bridgehead atoms. The molecule has 1 aromatic carbocycles. The van der Waals surface area contributed by atoms with Gasteiger partial charge in [-0.15, -0.1) is 0 Å². The van der Waals surface area contributed by atoms with Gasteiger partial charge in [0.25, 0.3) is 5.91 Å². The minimum absolute atomic E-state index is 0.203. The Bertz CT molecular complexity index is 1260. The van der Waals surface area contributed by atoms with Gasteiger partial charge in [-0.2, -0.15) is 0 Å². The first-order valence-electron chi connectivity index (χ1n) is 11.1. The Kier molecular flexibility index (Phi) is 5.85. The molecule has 0 saturated carbocycles. The van der Waals surface area contributed by atoms with Crippen molar-refractivity contribution >= 4 is 29.2 Å². The topological polar surface area (TPSA) is 104 Å². The van der Waals surface area contributed by atoms with E-state index in [-0.39, 0.29) is 18.0 Å². The van der Waals surface area contributed by atoms with Crippen LogP contribution in [-0.2, 0) is 4.74 Å². The molecular formula is C25H25N6O3. The molecule has 2 aliphatic rings. The number of benzene rings is 1. The zero-order chi connectivity index (χ0) is 23.7. The maximum absolute atomic E-state index is 12.6. The molecule has 1 amide bonds. The number of methoxy groups -OCH3 is 1. The number of nitrogens with one attached hydrogen (secondary N) is 1. The van der Waals surface area contributed by atoms with Crippen LogP contribution in [0.25, 0.3) is 17.3 Å². The van der Waals surface area contributed by atoms with Crippen molar-refractivity contribution in [3.05, 3.63) is 59.5 Å². The van der Waals surface area contributed by atoms with Gasteiger partial charge in [-0.1, -0.05) is 0 Å². The lowest BCUT2D eigenvalue weighted by Crippen LogP contribution is -2.41. The molecule has 1 N–H and O–H groups in total. The molecule has 9 nitrogen and oxygen atoms in total. The van der Waals surface area contributed by atoms with Crippen molar-refractivity contribution < 1.29 is 14.3 Å². The van der Waals surface area contributed by atoms with Crippen molar-refractivity contribution in [3.63, 3.8) is 0 Å². The third-order valence-electron chi connectivity index (χ3n) is 5.86. The van der Waals surface area contributed by atoms with Crippen molar-refractivity contribution in [2.45, 2.75) is 20.0 Å². The van der Waals surface area contributed by atoms with Gasteiger partial charge in [-0.3, -0.25) is 4.79 Å². The number of morpholine rings is 1. The fraction of sp³-hybridized carbons (Fsp3) is 0.280. The van der Waals surface area contributed by atoms with Gasteiger partial charge in [0.05, 0.1) is 31.1 Å². The second-order valence-corrected chi connectivity index (χ2v) is 8.28. The first-order chi connectivity index (χ1) is 16.5. The highest BCUT2D eigenvalue weighted by atomic mass is 16.5. The van der Waals surface area contributed by atoms with Crippen LogP contribution in [0.4, 0.5) is 17.2 Å². The second kappa shape index (κ2) is 9.11. The van der Waals surface area contributed by atoms with Crippen LogP contribution in [0, 0.1) is 6.92 Å². The maximum Gasteiger partial charge on any atom is 0.316 e. The number of carbonyl (C=O) groups is 1. The Hall–Kier alpha value is -3.98. The molecule has 9 heteroatoms. The highest BCUT2D eigenvalue weighted by molar-refractivity contribution is 6.05. The zero-order valence-corrected chi connectivity index (χ0v) is 19.3. The number of fused-ring (bicyclic) bond motifs is 1. The van der Waals surface area contributed by atoms with Crippen molar-refractivity contribution in [1.29, 1.82) is 0 Å². The molecule has 0 aliphatic carbocycles. The number of rotatable bonds is 5. The number of aromatic nitrogens is 3. The highest BCUT2D eigenvalue weighted by Crippen LogP contribution is 2.32. The van der Waals surface area contributed by atoms with Crippen LogP contribution in [0.3, 0.4) is 0 Å². The standard InChI is InChI=1S/C25H25N6O3/c1-15-10-19(4-5-21(15)31-8-9-34-16(2)14-31)29-23-22-17(6-7-26-24(22)32)11-20(30-23)18-12-27-25(33-3)28-13-18/h4-7,10-13,16H,8-9,14H2,1-3H3,(H,29,30)/t16-/m1/s1. The molecule has 1 radical (unpaired) electrons. The van der Waals surface area contributed by atoms with E-state index in [1.807, 2.05) is 12.1 Å². The first-order valence-corrected chi connectivity index (χ1v) is 11.1. The van der Waals surface area contributed by atoms with E-state index in [1.54, 1.807) is 18.5 Å². The molecule has 4 heterocycles. The first kappa shape index (κ1) is 21.8. The molecule has 5 rings (SSSR count). The average Bonchev–Trinajstić information content (AvgIpc) is 2.84. The van der Waals surface area contributed by atoms with Crippen LogP contribution in [0.2, 0.25) is 0 Å². The van der Waals surface area contributed by atoms with E-state index in [2.05, 4.69) is 51.5 Å². The van der Waals surface area contributed by atoms with Crippen molar-refractivity contribution in [1.82, 2.24) is 20.3 Å². The molecule has 1 atom stereocenters. The zero-order valence-electron chi connectivity index (χ0n) is 19.3. The maximum atomic E-state index is 12.6. The van der Waals surface area contributed by atoms with E-state index in [4.69, 9.17) is 14.5 Å². The molecule has 34 heavy (non-hydrogen) atoms. The Labute approximate surface area is 197 Å². The number of aryl methyl sites for hydroxylation is 1. The molecular weight excluding hydrogens is 432 g/mol. The van der Waals surface area contributed by atoms with Gasteiger partial charge in [0, 0.05) is 48.6 Å². The van der Waals surface area contributed by atoms with Crippen LogP contribution >= 0.6 is 0 Å². The minimum Gasteiger partial charge on any atom is -0.467 e. The summed E-state index contributed by atoms with van der Waals surface area (Å²) in [5, 5.41) is 7.28. The molecule has 2 aromatic heterocycles. The van der Waals surface area contributed by atoms with E-state index in [0.717, 1.165) is 36.5 Å². The van der Waals surface area contributed by atoms with Gasteiger partial charge in [0.1, 0.15) is 5.82 Å². The van der Waals surface area contributed by atoms with Crippen molar-refractivity contribution in [3.8, 4) is 17.3 Å². The predicted octanol–water partition coefficient (Wildman–Crippen LogP) is 3.55. The molecule has 2 aliphatic heterocycles. The normalized spacial score (nSPS) is 17.2. The summed E-state index contributed by atoms with van der Waals surface area (Å²) in [6.07, 6.45) is 6.79. The van der Waals surface area contributed by atoms with E-state index in [1.165, 1.54) is 19.0 Å². The summed E-state index contributed by atoms with van der Waals surface area (Å²) in [4.78, 5) is 28.1. The highest BCUT2D eigenvalue weighted by Gasteiger charge is 2.23. The number of amides is 1. The lowest BCUT2D eigenvalue weighted by Gasteiger charge is -2.34. The van der Waals surface area contributed by atoms with Crippen LogP contribution < -0.4 is 20.3 Å². The van der Waals surface area contributed by atoms with E-state index in [9.17, 15) is 4.79 Å². The van der Waals surface area contributed by atoms with Crippen LogP contribution in [0.1, 0.15) is 28.4 Å². The fourth-order valence-electron chi connectivity index (χ4n) is 4.23. The van der Waals surface area contributed by atoms with Crippen molar-refractivity contribution in [2.75, 3.05) is 37.0 Å². The Morgan fingerprint density at radius 2 is 2.03 bits per heavy atom. The van der Waals surface area contributed by atoms with Crippen molar-refractivity contribution in [2.24, 2.45) is 0 Å². The number of carbonyl (C=O) groups excluding carboxylic acids is 1. The Morgan fingerprint density at radius 1 is 1.21 bits per heavy atom. The summed E-state index contributed by atoms with van der Waals surface area (Å²) in [6, 6.07) is 8.27. The van der Waals surface area contributed by atoms with E-state index in [0.29, 0.717) is 22.6 Å². The van der Waals surface area contributed by atoms with Crippen LogP contribution in [0.15, 0.2) is 42.9 Å². The Balaban J connectivity index is 1.49. The predicted molar refractivity (Wildman–Crippen MR) is 129 cm³/mol. The number of hydrogen-bond acceptors (Lipinski definition) is 8. The molecule has 3 aromatic rings. The quantitative estimate of drug-likeness (QED) is 0.620. The molecule has 1 fully saturated rings. The smallest absolute Gasteiger partial charge is 0.316 e. The summed E-state index contributed by atoms with van der Waals surface area (Å²) in [7, 11) is 1.51.